The lowest BCUT2D eigenvalue weighted by atomic mass is 10.1. The predicted octanol–water partition coefficient (Wildman–Crippen LogP) is 1.73. The smallest absolute Gasteiger partial charge is 0.310 e. The third-order valence-corrected chi connectivity index (χ3v) is 7.23. The molecule has 3 unspecified atom stereocenters. The molecule has 0 spiro atoms. The Hall–Kier alpha value is -0.270. The topological polar surface area (TPSA) is 63.7 Å². The van der Waals surface area contributed by atoms with E-state index in [0.29, 0.717) is 12.8 Å². The van der Waals surface area contributed by atoms with Crippen molar-refractivity contribution < 1.29 is 17.9 Å². The average molecular weight is 323 g/mol. The van der Waals surface area contributed by atoms with Crippen LogP contribution in [0.2, 0.25) is 0 Å². The number of methoxy groups -OCH3 is 1. The lowest BCUT2D eigenvalue weighted by Gasteiger charge is -2.30. The van der Waals surface area contributed by atoms with Crippen molar-refractivity contribution in [3.8, 4) is 0 Å². The van der Waals surface area contributed by atoms with Gasteiger partial charge < -0.3 is 4.74 Å². The number of hydrogen-bond acceptors (Lipinski definition) is 5. The van der Waals surface area contributed by atoms with Gasteiger partial charge in [-0.05, 0) is 25.5 Å². The predicted molar refractivity (Wildman–Crippen MR) is 82.3 cm³/mol. The Labute approximate surface area is 126 Å². The third kappa shape index (κ3) is 3.68. The van der Waals surface area contributed by atoms with Crippen LogP contribution in [0.15, 0.2) is 0 Å². The first-order valence-electron chi connectivity index (χ1n) is 6.93. The van der Waals surface area contributed by atoms with Gasteiger partial charge in [-0.25, -0.2) is 12.7 Å². The molecule has 0 bridgehead atoms. The van der Waals surface area contributed by atoms with Crippen LogP contribution in [-0.2, 0) is 19.6 Å². The third-order valence-electron chi connectivity index (χ3n) is 4.09. The maximum atomic E-state index is 12.7. The lowest BCUT2D eigenvalue weighted by molar-refractivity contribution is -0.145. The van der Waals surface area contributed by atoms with E-state index >= 15 is 0 Å². The molecule has 7 heteroatoms. The summed E-state index contributed by atoms with van der Waals surface area (Å²) in [6, 6.07) is -0.0195. The molecule has 1 saturated carbocycles. The average Bonchev–Trinajstić information content (AvgIpc) is 2.93. The van der Waals surface area contributed by atoms with E-state index < -0.39 is 27.2 Å². The van der Waals surface area contributed by atoms with Crippen LogP contribution in [0.1, 0.15) is 32.6 Å². The highest BCUT2D eigenvalue weighted by molar-refractivity contribution is 7.98. The van der Waals surface area contributed by atoms with E-state index in [1.807, 2.05) is 13.2 Å². The summed E-state index contributed by atoms with van der Waals surface area (Å²) < 4.78 is 31.7. The van der Waals surface area contributed by atoms with E-state index in [-0.39, 0.29) is 6.04 Å². The van der Waals surface area contributed by atoms with Crippen molar-refractivity contribution >= 4 is 27.8 Å². The van der Waals surface area contributed by atoms with Gasteiger partial charge in [0.15, 0.2) is 0 Å². The Kier molecular flexibility index (Phi) is 6.81. The number of carbonyl (C=O) groups excluding carboxylic acids is 1. The number of sulfonamides is 1. The van der Waals surface area contributed by atoms with Gasteiger partial charge in [-0.15, -0.1) is 0 Å². The summed E-state index contributed by atoms with van der Waals surface area (Å²) in [6.07, 6.45) is 4.64. The summed E-state index contributed by atoms with van der Waals surface area (Å²) in [5.41, 5.74) is 0. The number of rotatable bonds is 7. The first-order valence-corrected chi connectivity index (χ1v) is 9.83. The monoisotopic (exact) mass is 323 g/mol. The molecule has 5 nitrogen and oxygen atoms in total. The van der Waals surface area contributed by atoms with E-state index in [4.69, 9.17) is 4.74 Å². The van der Waals surface area contributed by atoms with E-state index in [1.54, 1.807) is 18.8 Å². The van der Waals surface area contributed by atoms with Gasteiger partial charge in [-0.3, -0.25) is 4.79 Å². The standard InChI is InChI=1S/C13H25NO4S2/c1-5-10(9-19-4)14(2)20(16,17)12-8-6-7-11(12)13(15)18-3/h10-12H,5-9H2,1-4H3. The van der Waals surface area contributed by atoms with Crippen LogP contribution in [-0.4, -0.2) is 56.2 Å². The molecular formula is C13H25NO4S2. The molecule has 0 saturated heterocycles. The van der Waals surface area contributed by atoms with Crippen LogP contribution in [0.25, 0.3) is 0 Å². The zero-order chi connectivity index (χ0) is 15.3. The van der Waals surface area contributed by atoms with Crippen LogP contribution < -0.4 is 0 Å². The van der Waals surface area contributed by atoms with Gasteiger partial charge in [0.25, 0.3) is 0 Å². The van der Waals surface area contributed by atoms with E-state index in [9.17, 15) is 13.2 Å². The molecule has 0 amide bonds. The summed E-state index contributed by atoms with van der Waals surface area (Å²) in [5.74, 6) is -0.149. The number of esters is 1. The highest BCUT2D eigenvalue weighted by Crippen LogP contribution is 2.34. The second-order valence-electron chi connectivity index (χ2n) is 5.18. The number of ether oxygens (including phenoxy) is 1. The number of hydrogen-bond donors (Lipinski definition) is 0. The molecule has 0 aromatic rings. The molecule has 0 N–H and O–H groups in total. The van der Waals surface area contributed by atoms with Gasteiger partial charge in [-0.1, -0.05) is 13.3 Å². The minimum absolute atomic E-state index is 0.0195. The molecule has 1 aliphatic carbocycles. The van der Waals surface area contributed by atoms with Crippen LogP contribution in [0.3, 0.4) is 0 Å². The highest BCUT2D eigenvalue weighted by Gasteiger charge is 2.44. The quantitative estimate of drug-likeness (QED) is 0.668. The molecule has 118 valence electrons. The van der Waals surface area contributed by atoms with Crippen LogP contribution >= 0.6 is 11.8 Å². The number of carbonyl (C=O) groups is 1. The van der Waals surface area contributed by atoms with Crippen molar-refractivity contribution in [1.29, 1.82) is 0 Å². The second kappa shape index (κ2) is 7.66. The normalized spacial score (nSPS) is 24.9. The first kappa shape index (κ1) is 17.8. The maximum Gasteiger partial charge on any atom is 0.310 e. The molecule has 0 aliphatic heterocycles. The largest absolute Gasteiger partial charge is 0.469 e. The molecule has 0 heterocycles. The molecule has 0 aromatic heterocycles. The minimum Gasteiger partial charge on any atom is -0.469 e. The molecule has 1 rings (SSSR count). The van der Waals surface area contributed by atoms with Gasteiger partial charge in [0.05, 0.1) is 18.3 Å². The molecule has 20 heavy (non-hydrogen) atoms. The van der Waals surface area contributed by atoms with Crippen molar-refractivity contribution in [2.24, 2.45) is 5.92 Å². The van der Waals surface area contributed by atoms with Crippen molar-refractivity contribution in [3.05, 3.63) is 0 Å². The van der Waals surface area contributed by atoms with Gasteiger partial charge in [0.2, 0.25) is 10.0 Å². The fourth-order valence-electron chi connectivity index (χ4n) is 2.80. The lowest BCUT2D eigenvalue weighted by Crippen LogP contribution is -2.46. The van der Waals surface area contributed by atoms with Crippen molar-refractivity contribution in [1.82, 2.24) is 4.31 Å². The van der Waals surface area contributed by atoms with Gasteiger partial charge in [-0.2, -0.15) is 11.8 Å². The van der Waals surface area contributed by atoms with Crippen LogP contribution in [0, 0.1) is 5.92 Å². The Morgan fingerprint density at radius 1 is 1.45 bits per heavy atom. The van der Waals surface area contributed by atoms with Crippen molar-refractivity contribution in [3.63, 3.8) is 0 Å². The Morgan fingerprint density at radius 2 is 2.10 bits per heavy atom. The minimum atomic E-state index is -3.46. The molecule has 1 aliphatic rings. The summed E-state index contributed by atoms with van der Waals surface area (Å²) in [5, 5.41) is -0.629. The molecule has 1 fully saturated rings. The molecule has 0 radical (unpaired) electrons. The highest BCUT2D eigenvalue weighted by atomic mass is 32.2. The molecular weight excluding hydrogens is 298 g/mol. The SMILES string of the molecule is CCC(CSC)N(C)S(=O)(=O)C1CCCC1C(=O)OC. The number of thioether (sulfide) groups is 1. The van der Waals surface area contributed by atoms with Crippen molar-refractivity contribution in [2.75, 3.05) is 26.2 Å². The zero-order valence-corrected chi connectivity index (χ0v) is 14.3. The maximum absolute atomic E-state index is 12.7. The summed E-state index contributed by atoms with van der Waals surface area (Å²) in [4.78, 5) is 11.7. The Morgan fingerprint density at radius 3 is 2.60 bits per heavy atom. The Bertz CT molecular complexity index is 424. The first-order chi connectivity index (χ1) is 9.39. The summed E-state index contributed by atoms with van der Waals surface area (Å²) >= 11 is 1.64. The number of nitrogens with zero attached hydrogens (tertiary/aromatic N) is 1. The fourth-order valence-corrected chi connectivity index (χ4v) is 5.93. The van der Waals surface area contributed by atoms with Crippen LogP contribution in [0.5, 0.6) is 0 Å². The summed E-state index contributed by atoms with van der Waals surface area (Å²) in [7, 11) is -0.510. The van der Waals surface area contributed by atoms with E-state index in [0.717, 1.165) is 18.6 Å². The van der Waals surface area contributed by atoms with E-state index in [1.165, 1.54) is 11.4 Å². The Balaban J connectivity index is 2.94. The van der Waals surface area contributed by atoms with Crippen molar-refractivity contribution in [2.45, 2.75) is 43.9 Å². The van der Waals surface area contributed by atoms with Gasteiger partial charge in [0.1, 0.15) is 0 Å². The summed E-state index contributed by atoms with van der Waals surface area (Å²) in [6.45, 7) is 1.99. The molecule has 3 atom stereocenters. The van der Waals surface area contributed by atoms with E-state index in [2.05, 4.69) is 0 Å². The van der Waals surface area contributed by atoms with Crippen LogP contribution in [0.4, 0.5) is 0 Å². The second-order valence-corrected chi connectivity index (χ2v) is 8.30. The zero-order valence-electron chi connectivity index (χ0n) is 12.7. The van der Waals surface area contributed by atoms with Gasteiger partial charge in [0, 0.05) is 18.8 Å². The van der Waals surface area contributed by atoms with Gasteiger partial charge >= 0.3 is 5.97 Å². The molecule has 0 aromatic carbocycles. The fraction of sp³-hybridized carbons (Fsp3) is 0.923.